The van der Waals surface area contributed by atoms with Crippen LogP contribution < -0.4 is 10.1 Å². The monoisotopic (exact) mass is 342 g/mol. The Hall–Kier alpha value is -2.27. The van der Waals surface area contributed by atoms with Crippen molar-refractivity contribution >= 4 is 5.91 Å². The second-order valence-corrected chi connectivity index (χ2v) is 6.88. The lowest BCUT2D eigenvalue weighted by Crippen LogP contribution is -2.35. The molecule has 25 heavy (non-hydrogen) atoms. The van der Waals surface area contributed by atoms with Crippen LogP contribution in [0.1, 0.15) is 46.2 Å². The van der Waals surface area contributed by atoms with Gasteiger partial charge in [0.1, 0.15) is 18.5 Å². The SMILES string of the molecule is Cc1cccc(OCC(O)CNC(=O)c2cc(C)n(C3CC3)c2C)c1. The lowest BCUT2D eigenvalue weighted by molar-refractivity contribution is 0.0843. The molecular weight excluding hydrogens is 316 g/mol. The molecule has 1 atom stereocenters. The minimum atomic E-state index is -0.753. The molecule has 134 valence electrons. The number of hydrogen-bond donors (Lipinski definition) is 2. The number of hydrogen-bond acceptors (Lipinski definition) is 3. The molecule has 1 aromatic carbocycles. The molecule has 2 aromatic rings. The third-order valence-electron chi connectivity index (χ3n) is 4.57. The van der Waals surface area contributed by atoms with Crippen LogP contribution in [0.5, 0.6) is 5.75 Å². The summed E-state index contributed by atoms with van der Waals surface area (Å²) in [5.41, 5.74) is 3.92. The van der Waals surface area contributed by atoms with Gasteiger partial charge >= 0.3 is 0 Å². The molecule has 0 saturated heterocycles. The van der Waals surface area contributed by atoms with E-state index >= 15 is 0 Å². The molecule has 2 N–H and O–H groups in total. The third-order valence-corrected chi connectivity index (χ3v) is 4.57. The normalized spacial score (nSPS) is 15.0. The molecule has 1 aromatic heterocycles. The van der Waals surface area contributed by atoms with Crippen molar-refractivity contribution in [2.24, 2.45) is 0 Å². The quantitative estimate of drug-likeness (QED) is 0.813. The number of carbonyl (C=O) groups excluding carboxylic acids is 1. The Bertz CT molecular complexity index is 762. The van der Waals surface area contributed by atoms with E-state index in [1.165, 1.54) is 12.8 Å². The summed E-state index contributed by atoms with van der Waals surface area (Å²) < 4.78 is 7.81. The molecule has 3 rings (SSSR count). The van der Waals surface area contributed by atoms with Gasteiger partial charge in [0, 0.05) is 24.0 Å². The lowest BCUT2D eigenvalue weighted by atomic mass is 10.2. The number of aliphatic hydroxyl groups excluding tert-OH is 1. The van der Waals surface area contributed by atoms with Crippen LogP contribution in [0.15, 0.2) is 30.3 Å². The van der Waals surface area contributed by atoms with Gasteiger partial charge in [0.2, 0.25) is 0 Å². The van der Waals surface area contributed by atoms with E-state index in [0.29, 0.717) is 11.6 Å². The number of benzene rings is 1. The summed E-state index contributed by atoms with van der Waals surface area (Å²) in [7, 11) is 0. The first-order valence-corrected chi connectivity index (χ1v) is 8.80. The van der Waals surface area contributed by atoms with Crippen molar-refractivity contribution in [1.82, 2.24) is 9.88 Å². The zero-order valence-corrected chi connectivity index (χ0v) is 15.1. The fraction of sp³-hybridized carbons (Fsp3) is 0.450. The smallest absolute Gasteiger partial charge is 0.253 e. The number of aliphatic hydroxyl groups is 1. The molecule has 5 nitrogen and oxygen atoms in total. The van der Waals surface area contributed by atoms with E-state index < -0.39 is 6.10 Å². The van der Waals surface area contributed by atoms with Crippen molar-refractivity contribution in [3.63, 3.8) is 0 Å². The molecule has 1 aliphatic carbocycles. The van der Waals surface area contributed by atoms with Crippen molar-refractivity contribution < 1.29 is 14.6 Å². The van der Waals surface area contributed by atoms with Crippen LogP contribution >= 0.6 is 0 Å². The molecule has 0 aliphatic heterocycles. The van der Waals surface area contributed by atoms with Crippen molar-refractivity contribution in [3.8, 4) is 5.75 Å². The Labute approximate surface area is 148 Å². The van der Waals surface area contributed by atoms with Crippen LogP contribution in [0.3, 0.4) is 0 Å². The van der Waals surface area contributed by atoms with E-state index in [2.05, 4.69) is 9.88 Å². The molecule has 0 bridgehead atoms. The summed E-state index contributed by atoms with van der Waals surface area (Å²) in [6.07, 6.45) is 1.62. The Morgan fingerprint density at radius 3 is 2.76 bits per heavy atom. The fourth-order valence-electron chi connectivity index (χ4n) is 3.16. The maximum absolute atomic E-state index is 12.4. The molecular formula is C20H26N2O3. The first kappa shape index (κ1) is 17.5. The van der Waals surface area contributed by atoms with Gasteiger partial charge in [0.05, 0.1) is 5.56 Å². The number of ether oxygens (including phenoxy) is 1. The van der Waals surface area contributed by atoms with Crippen LogP contribution in [-0.2, 0) is 0 Å². The van der Waals surface area contributed by atoms with Gasteiger partial charge in [0.15, 0.2) is 0 Å². The van der Waals surface area contributed by atoms with E-state index in [9.17, 15) is 9.90 Å². The highest BCUT2D eigenvalue weighted by Gasteiger charge is 2.28. The molecule has 1 amide bonds. The molecule has 1 saturated carbocycles. The second-order valence-electron chi connectivity index (χ2n) is 6.88. The number of nitrogens with one attached hydrogen (secondary N) is 1. The summed E-state index contributed by atoms with van der Waals surface area (Å²) in [5, 5.41) is 12.9. The van der Waals surface area contributed by atoms with E-state index in [1.54, 1.807) is 0 Å². The highest BCUT2D eigenvalue weighted by molar-refractivity contribution is 5.95. The third kappa shape index (κ3) is 4.23. The van der Waals surface area contributed by atoms with Crippen LogP contribution in [0.2, 0.25) is 0 Å². The number of rotatable bonds is 7. The van der Waals surface area contributed by atoms with E-state index in [4.69, 9.17) is 4.74 Å². The summed E-state index contributed by atoms with van der Waals surface area (Å²) in [6.45, 7) is 6.31. The minimum absolute atomic E-state index is 0.144. The Balaban J connectivity index is 1.51. The summed E-state index contributed by atoms with van der Waals surface area (Å²) in [4.78, 5) is 12.4. The maximum atomic E-state index is 12.4. The predicted octanol–water partition coefficient (Wildman–Crippen LogP) is 2.92. The topological polar surface area (TPSA) is 63.5 Å². The van der Waals surface area contributed by atoms with Crippen molar-refractivity contribution in [2.75, 3.05) is 13.2 Å². The highest BCUT2D eigenvalue weighted by Crippen LogP contribution is 2.38. The lowest BCUT2D eigenvalue weighted by Gasteiger charge is -2.14. The van der Waals surface area contributed by atoms with Crippen molar-refractivity contribution in [1.29, 1.82) is 0 Å². The standard InChI is InChI=1S/C20H26N2O3/c1-13-5-4-6-18(9-13)25-12-17(23)11-21-20(24)19-10-14(2)22(15(19)3)16-7-8-16/h4-6,9-10,16-17,23H,7-8,11-12H2,1-3H3,(H,21,24). The number of carbonyl (C=O) groups is 1. The summed E-state index contributed by atoms with van der Waals surface area (Å²) in [5.74, 6) is 0.577. The summed E-state index contributed by atoms with van der Waals surface area (Å²) in [6, 6.07) is 10.1. The predicted molar refractivity (Wildman–Crippen MR) is 97.2 cm³/mol. The van der Waals surface area contributed by atoms with Crippen LogP contribution in [-0.4, -0.2) is 34.8 Å². The van der Waals surface area contributed by atoms with E-state index in [1.807, 2.05) is 51.1 Å². The molecule has 1 fully saturated rings. The number of aromatic nitrogens is 1. The minimum Gasteiger partial charge on any atom is -0.491 e. The maximum Gasteiger partial charge on any atom is 0.253 e. The van der Waals surface area contributed by atoms with Gasteiger partial charge in [-0.2, -0.15) is 0 Å². The molecule has 5 heteroatoms. The first-order chi connectivity index (χ1) is 12.0. The Morgan fingerprint density at radius 2 is 2.08 bits per heavy atom. The van der Waals surface area contributed by atoms with E-state index in [-0.39, 0.29) is 19.1 Å². The molecule has 1 unspecified atom stereocenters. The number of aryl methyl sites for hydroxylation is 2. The van der Waals surface area contributed by atoms with Crippen molar-refractivity contribution in [3.05, 3.63) is 52.8 Å². The largest absolute Gasteiger partial charge is 0.491 e. The number of amides is 1. The van der Waals surface area contributed by atoms with Gasteiger partial charge in [-0.15, -0.1) is 0 Å². The molecule has 0 spiro atoms. The molecule has 0 radical (unpaired) electrons. The average molecular weight is 342 g/mol. The molecule has 1 heterocycles. The van der Waals surface area contributed by atoms with Crippen LogP contribution in [0.25, 0.3) is 0 Å². The van der Waals surface area contributed by atoms with Crippen LogP contribution in [0, 0.1) is 20.8 Å². The van der Waals surface area contributed by atoms with Gasteiger partial charge in [0.25, 0.3) is 5.91 Å². The van der Waals surface area contributed by atoms with Gasteiger partial charge in [-0.25, -0.2) is 0 Å². The number of nitrogens with zero attached hydrogens (tertiary/aromatic N) is 1. The molecule has 1 aliphatic rings. The van der Waals surface area contributed by atoms with Crippen molar-refractivity contribution in [2.45, 2.75) is 45.8 Å². The fourth-order valence-corrected chi connectivity index (χ4v) is 3.16. The van der Waals surface area contributed by atoms with Gasteiger partial charge in [-0.1, -0.05) is 12.1 Å². The zero-order valence-electron chi connectivity index (χ0n) is 15.1. The van der Waals surface area contributed by atoms with Crippen LogP contribution in [0.4, 0.5) is 0 Å². The average Bonchev–Trinajstić information content (AvgIpc) is 3.36. The zero-order chi connectivity index (χ0) is 18.0. The first-order valence-electron chi connectivity index (χ1n) is 8.80. The van der Waals surface area contributed by atoms with E-state index in [0.717, 1.165) is 22.7 Å². The van der Waals surface area contributed by atoms with Gasteiger partial charge in [-0.3, -0.25) is 4.79 Å². The Morgan fingerprint density at radius 1 is 1.32 bits per heavy atom. The second kappa shape index (κ2) is 7.31. The Kier molecular flexibility index (Phi) is 5.13. The van der Waals surface area contributed by atoms with Gasteiger partial charge in [-0.05, 0) is 57.4 Å². The van der Waals surface area contributed by atoms with Gasteiger partial charge < -0.3 is 19.7 Å². The summed E-state index contributed by atoms with van der Waals surface area (Å²) >= 11 is 0. The highest BCUT2D eigenvalue weighted by atomic mass is 16.5.